The molecule has 5 heteroatoms. The molecule has 1 aromatic rings. The van der Waals surface area contributed by atoms with E-state index in [4.69, 9.17) is 9.47 Å². The molecular formula is C15H24N2O3. The van der Waals surface area contributed by atoms with Crippen LogP contribution in [0.3, 0.4) is 0 Å². The fraction of sp³-hybridized carbons (Fsp3) is 0.533. The Bertz CT molecular complexity index is 431. The Labute approximate surface area is 120 Å². The maximum Gasteiger partial charge on any atom is 0.251 e. The summed E-state index contributed by atoms with van der Waals surface area (Å²) in [6.07, 6.45) is -0.344. The van der Waals surface area contributed by atoms with Crippen molar-refractivity contribution in [2.45, 2.75) is 39.1 Å². The fourth-order valence-electron chi connectivity index (χ4n) is 1.93. The molecule has 1 unspecified atom stereocenters. The number of ether oxygens (including phenoxy) is 2. The summed E-state index contributed by atoms with van der Waals surface area (Å²) in [7, 11) is 3.19. The number of methoxy groups -OCH3 is 2. The highest BCUT2D eigenvalue weighted by atomic mass is 16.7. The third-order valence-electron chi connectivity index (χ3n) is 2.81. The minimum Gasteiger partial charge on any atom is -0.377 e. The zero-order valence-electron chi connectivity index (χ0n) is 12.8. The second-order valence-corrected chi connectivity index (χ2v) is 4.98. The molecule has 112 valence electrons. The molecule has 0 saturated heterocycles. The summed E-state index contributed by atoms with van der Waals surface area (Å²) in [4.78, 5) is 12.0. The highest BCUT2D eigenvalue weighted by Gasteiger charge is 2.16. The summed E-state index contributed by atoms with van der Waals surface area (Å²) in [6.45, 7) is 5.83. The lowest BCUT2D eigenvalue weighted by atomic mass is 10.1. The van der Waals surface area contributed by atoms with Gasteiger partial charge >= 0.3 is 0 Å². The number of carbonyl (C=O) groups is 1. The number of carbonyl (C=O) groups excluding carboxylic acids is 1. The molecule has 0 radical (unpaired) electrons. The fourth-order valence-corrected chi connectivity index (χ4v) is 1.93. The van der Waals surface area contributed by atoms with Gasteiger partial charge in [0.25, 0.3) is 5.91 Å². The van der Waals surface area contributed by atoms with Crippen molar-refractivity contribution in [1.29, 1.82) is 0 Å². The molecule has 2 N–H and O–H groups in total. The van der Waals surface area contributed by atoms with Crippen LogP contribution in [0.1, 0.15) is 31.1 Å². The topological polar surface area (TPSA) is 59.6 Å². The SMILES string of the molecule is COC(OC)C(C)Nc1cccc(C(=O)NC(C)C)c1. The predicted molar refractivity (Wildman–Crippen MR) is 79.9 cm³/mol. The summed E-state index contributed by atoms with van der Waals surface area (Å²) >= 11 is 0. The van der Waals surface area contributed by atoms with Crippen LogP contribution in [0.4, 0.5) is 5.69 Å². The van der Waals surface area contributed by atoms with E-state index in [1.165, 1.54) is 0 Å². The molecule has 1 rings (SSSR count). The number of amides is 1. The maximum atomic E-state index is 12.0. The summed E-state index contributed by atoms with van der Waals surface area (Å²) in [5, 5.41) is 6.13. The van der Waals surface area contributed by atoms with Crippen molar-refractivity contribution in [3.8, 4) is 0 Å². The van der Waals surface area contributed by atoms with Gasteiger partial charge in [-0.3, -0.25) is 4.79 Å². The first-order valence-electron chi connectivity index (χ1n) is 6.71. The summed E-state index contributed by atoms with van der Waals surface area (Å²) < 4.78 is 10.4. The van der Waals surface area contributed by atoms with Crippen molar-refractivity contribution >= 4 is 11.6 Å². The number of rotatable bonds is 7. The minimum absolute atomic E-state index is 0.0339. The van der Waals surface area contributed by atoms with Crippen molar-refractivity contribution in [2.75, 3.05) is 19.5 Å². The van der Waals surface area contributed by atoms with Crippen molar-refractivity contribution in [3.05, 3.63) is 29.8 Å². The number of hydrogen-bond acceptors (Lipinski definition) is 4. The van der Waals surface area contributed by atoms with Gasteiger partial charge in [-0.2, -0.15) is 0 Å². The third kappa shape index (κ3) is 4.83. The van der Waals surface area contributed by atoms with Crippen LogP contribution in [0.15, 0.2) is 24.3 Å². The molecule has 0 heterocycles. The highest BCUT2D eigenvalue weighted by Crippen LogP contribution is 2.14. The van der Waals surface area contributed by atoms with Crippen LogP contribution in [0.5, 0.6) is 0 Å². The molecule has 5 nitrogen and oxygen atoms in total. The van der Waals surface area contributed by atoms with E-state index in [2.05, 4.69) is 10.6 Å². The quantitative estimate of drug-likeness (QED) is 0.752. The van der Waals surface area contributed by atoms with Crippen LogP contribution in [0.25, 0.3) is 0 Å². The van der Waals surface area contributed by atoms with Gasteiger partial charge in [-0.1, -0.05) is 6.07 Å². The van der Waals surface area contributed by atoms with E-state index in [0.29, 0.717) is 5.56 Å². The molecule has 0 aromatic heterocycles. The number of hydrogen-bond donors (Lipinski definition) is 2. The number of nitrogens with one attached hydrogen (secondary N) is 2. The van der Waals surface area contributed by atoms with Gasteiger partial charge in [-0.25, -0.2) is 0 Å². The van der Waals surface area contributed by atoms with Crippen LogP contribution < -0.4 is 10.6 Å². The van der Waals surface area contributed by atoms with Crippen LogP contribution in [0, 0.1) is 0 Å². The smallest absolute Gasteiger partial charge is 0.251 e. The second kappa shape index (κ2) is 7.87. The van der Waals surface area contributed by atoms with Gasteiger partial charge in [0.15, 0.2) is 6.29 Å². The van der Waals surface area contributed by atoms with Crippen molar-refractivity contribution in [1.82, 2.24) is 5.32 Å². The summed E-state index contributed by atoms with van der Waals surface area (Å²) in [6, 6.07) is 7.44. The van der Waals surface area contributed by atoms with Gasteiger partial charge in [0, 0.05) is 31.5 Å². The van der Waals surface area contributed by atoms with Gasteiger partial charge < -0.3 is 20.1 Å². The van der Waals surface area contributed by atoms with Crippen LogP contribution in [0.2, 0.25) is 0 Å². The van der Waals surface area contributed by atoms with E-state index in [9.17, 15) is 4.79 Å². The molecule has 0 fully saturated rings. The molecule has 20 heavy (non-hydrogen) atoms. The first-order chi connectivity index (χ1) is 9.47. The standard InChI is InChI=1S/C15H24N2O3/c1-10(2)16-14(18)12-7-6-8-13(9-12)17-11(3)15(19-4)20-5/h6-11,15,17H,1-5H3,(H,16,18). The van der Waals surface area contributed by atoms with Crippen molar-refractivity contribution < 1.29 is 14.3 Å². The molecule has 0 aliphatic rings. The first kappa shape index (κ1) is 16.5. The minimum atomic E-state index is -0.344. The summed E-state index contributed by atoms with van der Waals surface area (Å²) in [5.74, 6) is -0.0775. The third-order valence-corrected chi connectivity index (χ3v) is 2.81. The van der Waals surface area contributed by atoms with E-state index in [1.807, 2.05) is 39.0 Å². The van der Waals surface area contributed by atoms with Gasteiger partial charge in [-0.15, -0.1) is 0 Å². The normalized spacial score (nSPS) is 12.6. The average Bonchev–Trinajstić information content (AvgIpc) is 2.39. The van der Waals surface area contributed by atoms with E-state index in [-0.39, 0.29) is 24.3 Å². The molecule has 0 saturated carbocycles. The van der Waals surface area contributed by atoms with Crippen molar-refractivity contribution in [2.24, 2.45) is 0 Å². The lowest BCUT2D eigenvalue weighted by Gasteiger charge is -2.23. The average molecular weight is 280 g/mol. The molecule has 1 aromatic carbocycles. The molecule has 0 bridgehead atoms. The number of anilines is 1. The van der Waals surface area contributed by atoms with Gasteiger partial charge in [0.1, 0.15) is 0 Å². The molecular weight excluding hydrogens is 256 g/mol. The lowest BCUT2D eigenvalue weighted by molar-refractivity contribution is -0.109. The Morgan fingerprint density at radius 1 is 1.15 bits per heavy atom. The molecule has 1 amide bonds. The van der Waals surface area contributed by atoms with Crippen LogP contribution in [-0.2, 0) is 9.47 Å². The molecule has 1 atom stereocenters. The Kier molecular flexibility index (Phi) is 6.48. The zero-order chi connectivity index (χ0) is 15.1. The van der Waals surface area contributed by atoms with Crippen LogP contribution in [-0.4, -0.2) is 38.5 Å². The van der Waals surface area contributed by atoms with Crippen molar-refractivity contribution in [3.63, 3.8) is 0 Å². The van der Waals surface area contributed by atoms with Gasteiger partial charge in [-0.05, 0) is 39.0 Å². The lowest BCUT2D eigenvalue weighted by Crippen LogP contribution is -2.34. The Hall–Kier alpha value is -1.59. The van der Waals surface area contributed by atoms with Gasteiger partial charge in [0.2, 0.25) is 0 Å². The Balaban J connectivity index is 2.75. The molecule has 0 spiro atoms. The predicted octanol–water partition coefficient (Wildman–Crippen LogP) is 2.24. The van der Waals surface area contributed by atoms with E-state index in [1.54, 1.807) is 20.3 Å². The van der Waals surface area contributed by atoms with E-state index >= 15 is 0 Å². The Morgan fingerprint density at radius 2 is 1.80 bits per heavy atom. The largest absolute Gasteiger partial charge is 0.377 e. The highest BCUT2D eigenvalue weighted by molar-refractivity contribution is 5.95. The zero-order valence-corrected chi connectivity index (χ0v) is 12.8. The monoisotopic (exact) mass is 280 g/mol. The summed E-state index contributed by atoms with van der Waals surface area (Å²) in [5.41, 5.74) is 1.48. The van der Waals surface area contributed by atoms with E-state index < -0.39 is 0 Å². The van der Waals surface area contributed by atoms with Gasteiger partial charge in [0.05, 0.1) is 6.04 Å². The number of benzene rings is 1. The maximum absolute atomic E-state index is 12.0. The molecule has 0 aliphatic heterocycles. The Morgan fingerprint density at radius 3 is 2.35 bits per heavy atom. The first-order valence-corrected chi connectivity index (χ1v) is 6.71. The second-order valence-electron chi connectivity index (χ2n) is 4.98. The van der Waals surface area contributed by atoms with Crippen LogP contribution >= 0.6 is 0 Å². The van der Waals surface area contributed by atoms with E-state index in [0.717, 1.165) is 5.69 Å². The molecule has 0 aliphatic carbocycles.